The average molecular weight is 354 g/mol. The number of rotatable bonds is 5. The number of hydrogen-bond donors (Lipinski definition) is 0. The molecule has 0 saturated carbocycles. The Morgan fingerprint density at radius 1 is 1.19 bits per heavy atom. The quantitative estimate of drug-likeness (QED) is 0.356. The molecule has 1 aliphatic heterocycles. The number of hydrogen-bond acceptors (Lipinski definition) is 5. The van der Waals surface area contributed by atoms with E-state index in [0.717, 1.165) is 12.0 Å². The van der Waals surface area contributed by atoms with Gasteiger partial charge in [-0.25, -0.2) is 0 Å². The summed E-state index contributed by atoms with van der Waals surface area (Å²) in [6.45, 7) is 2.24. The number of amides is 1. The van der Waals surface area contributed by atoms with Gasteiger partial charge in [-0.05, 0) is 36.2 Å². The molecule has 0 N–H and O–H groups in total. The van der Waals surface area contributed by atoms with Crippen molar-refractivity contribution in [3.05, 3.63) is 64.2 Å². The smallest absolute Gasteiger partial charge is 0.316 e. The SMILES string of the molecule is CCc1ccc(OC(=O)[C@H]2CC(=O)N(c3ccc([N+](=O)[O-])cc3)C2)cc1. The number of nitrogens with zero attached hydrogens (tertiary/aromatic N) is 2. The molecule has 1 fully saturated rings. The van der Waals surface area contributed by atoms with Crippen LogP contribution in [0, 0.1) is 16.0 Å². The van der Waals surface area contributed by atoms with E-state index in [1.165, 1.54) is 29.2 Å². The lowest BCUT2D eigenvalue weighted by Gasteiger charge is -2.16. The zero-order chi connectivity index (χ0) is 18.7. The van der Waals surface area contributed by atoms with Crippen LogP contribution >= 0.6 is 0 Å². The predicted molar refractivity (Wildman–Crippen MR) is 95.0 cm³/mol. The number of benzene rings is 2. The molecule has 3 rings (SSSR count). The van der Waals surface area contributed by atoms with Crippen molar-refractivity contribution in [2.45, 2.75) is 19.8 Å². The third-order valence-electron chi connectivity index (χ3n) is 4.38. The van der Waals surface area contributed by atoms with Crippen molar-refractivity contribution in [2.75, 3.05) is 11.4 Å². The lowest BCUT2D eigenvalue weighted by molar-refractivity contribution is -0.384. The Kier molecular flexibility index (Phi) is 4.97. The molecule has 0 spiro atoms. The second-order valence-electron chi connectivity index (χ2n) is 6.10. The topological polar surface area (TPSA) is 89.8 Å². The Morgan fingerprint density at radius 2 is 1.85 bits per heavy atom. The summed E-state index contributed by atoms with van der Waals surface area (Å²) in [6, 6.07) is 13.0. The molecule has 0 bridgehead atoms. The molecule has 7 nitrogen and oxygen atoms in total. The van der Waals surface area contributed by atoms with Gasteiger partial charge in [0.25, 0.3) is 5.69 Å². The van der Waals surface area contributed by atoms with Gasteiger partial charge < -0.3 is 9.64 Å². The monoisotopic (exact) mass is 354 g/mol. The van der Waals surface area contributed by atoms with Gasteiger partial charge in [0.15, 0.2) is 0 Å². The minimum Gasteiger partial charge on any atom is -0.426 e. The first-order valence-electron chi connectivity index (χ1n) is 8.33. The lowest BCUT2D eigenvalue weighted by Crippen LogP contribution is -2.27. The summed E-state index contributed by atoms with van der Waals surface area (Å²) in [4.78, 5) is 36.2. The molecule has 26 heavy (non-hydrogen) atoms. The third-order valence-corrected chi connectivity index (χ3v) is 4.38. The first kappa shape index (κ1) is 17.6. The summed E-state index contributed by atoms with van der Waals surface area (Å²) < 4.78 is 5.37. The van der Waals surface area contributed by atoms with Gasteiger partial charge in [0.2, 0.25) is 5.91 Å². The highest BCUT2D eigenvalue weighted by Gasteiger charge is 2.36. The van der Waals surface area contributed by atoms with E-state index in [1.54, 1.807) is 12.1 Å². The molecule has 1 atom stereocenters. The van der Waals surface area contributed by atoms with Crippen molar-refractivity contribution in [3.8, 4) is 5.75 Å². The highest BCUT2D eigenvalue weighted by atomic mass is 16.6. The van der Waals surface area contributed by atoms with Crippen LogP contribution in [0.25, 0.3) is 0 Å². The molecule has 0 aliphatic carbocycles. The third kappa shape index (κ3) is 3.72. The molecule has 1 amide bonds. The Bertz CT molecular complexity index is 830. The van der Waals surface area contributed by atoms with Crippen LogP contribution in [-0.2, 0) is 16.0 Å². The first-order chi connectivity index (χ1) is 12.5. The number of anilines is 1. The Balaban J connectivity index is 1.66. The van der Waals surface area contributed by atoms with Gasteiger partial charge in [-0.1, -0.05) is 19.1 Å². The standard InChI is InChI=1S/C19H18N2O5/c1-2-13-3-9-17(10-4-13)26-19(23)14-11-18(22)20(12-14)15-5-7-16(8-6-15)21(24)25/h3-10,14H,2,11-12H2,1H3/t14-/m0/s1. The van der Waals surface area contributed by atoms with Gasteiger partial charge in [0.05, 0.1) is 10.8 Å². The predicted octanol–water partition coefficient (Wildman–Crippen LogP) is 3.12. The minimum absolute atomic E-state index is 0.0492. The maximum absolute atomic E-state index is 12.3. The van der Waals surface area contributed by atoms with Gasteiger partial charge in [0, 0.05) is 30.8 Å². The molecule has 0 radical (unpaired) electrons. The van der Waals surface area contributed by atoms with E-state index in [2.05, 4.69) is 0 Å². The molecule has 1 saturated heterocycles. The van der Waals surface area contributed by atoms with Crippen molar-refractivity contribution >= 4 is 23.3 Å². The Labute approximate surface area is 150 Å². The minimum atomic E-state index is -0.566. The fraction of sp³-hybridized carbons (Fsp3) is 0.263. The fourth-order valence-electron chi connectivity index (χ4n) is 2.86. The van der Waals surface area contributed by atoms with Gasteiger partial charge >= 0.3 is 5.97 Å². The van der Waals surface area contributed by atoms with Crippen LogP contribution in [0.3, 0.4) is 0 Å². The van der Waals surface area contributed by atoms with E-state index in [1.807, 2.05) is 19.1 Å². The van der Waals surface area contributed by atoms with Crippen LogP contribution in [-0.4, -0.2) is 23.3 Å². The molecule has 0 unspecified atom stereocenters. The van der Waals surface area contributed by atoms with Gasteiger partial charge in [0.1, 0.15) is 5.75 Å². The number of carbonyl (C=O) groups is 2. The number of aryl methyl sites for hydroxylation is 1. The van der Waals surface area contributed by atoms with Crippen molar-refractivity contribution in [2.24, 2.45) is 5.92 Å². The van der Waals surface area contributed by atoms with E-state index >= 15 is 0 Å². The van der Waals surface area contributed by atoms with E-state index in [0.29, 0.717) is 11.4 Å². The van der Waals surface area contributed by atoms with Crippen LogP contribution in [0.15, 0.2) is 48.5 Å². The van der Waals surface area contributed by atoms with Gasteiger partial charge in [-0.3, -0.25) is 19.7 Å². The first-order valence-corrected chi connectivity index (χ1v) is 8.33. The zero-order valence-electron chi connectivity index (χ0n) is 14.3. The molecule has 1 heterocycles. The van der Waals surface area contributed by atoms with E-state index in [9.17, 15) is 19.7 Å². The Hall–Kier alpha value is -3.22. The highest BCUT2D eigenvalue weighted by Crippen LogP contribution is 2.28. The second kappa shape index (κ2) is 7.35. The molecule has 134 valence electrons. The number of nitro benzene ring substituents is 1. The van der Waals surface area contributed by atoms with Crippen molar-refractivity contribution in [1.29, 1.82) is 0 Å². The molecule has 7 heteroatoms. The van der Waals surface area contributed by atoms with E-state index in [-0.39, 0.29) is 24.6 Å². The number of ether oxygens (including phenoxy) is 1. The van der Waals surface area contributed by atoms with Crippen LogP contribution in [0.2, 0.25) is 0 Å². The van der Waals surface area contributed by atoms with Crippen LogP contribution < -0.4 is 9.64 Å². The lowest BCUT2D eigenvalue weighted by atomic mass is 10.1. The van der Waals surface area contributed by atoms with Crippen molar-refractivity contribution in [3.63, 3.8) is 0 Å². The maximum Gasteiger partial charge on any atom is 0.316 e. The average Bonchev–Trinajstić information content (AvgIpc) is 3.04. The Morgan fingerprint density at radius 3 is 2.42 bits per heavy atom. The van der Waals surface area contributed by atoms with E-state index in [4.69, 9.17) is 4.74 Å². The molecular weight excluding hydrogens is 336 g/mol. The van der Waals surface area contributed by atoms with Crippen molar-refractivity contribution < 1.29 is 19.2 Å². The van der Waals surface area contributed by atoms with Gasteiger partial charge in [-0.15, -0.1) is 0 Å². The number of carbonyl (C=O) groups excluding carboxylic acids is 2. The van der Waals surface area contributed by atoms with Crippen LogP contribution in [0.1, 0.15) is 18.9 Å². The van der Waals surface area contributed by atoms with Crippen LogP contribution in [0.5, 0.6) is 5.75 Å². The molecular formula is C19H18N2O5. The number of nitro groups is 1. The zero-order valence-corrected chi connectivity index (χ0v) is 14.3. The molecule has 1 aliphatic rings. The summed E-state index contributed by atoms with van der Waals surface area (Å²) >= 11 is 0. The van der Waals surface area contributed by atoms with E-state index < -0.39 is 16.8 Å². The summed E-state index contributed by atoms with van der Waals surface area (Å²) in [6.07, 6.45) is 0.957. The fourth-order valence-corrected chi connectivity index (χ4v) is 2.86. The molecule has 0 aromatic heterocycles. The van der Waals surface area contributed by atoms with Crippen molar-refractivity contribution in [1.82, 2.24) is 0 Å². The molecule has 2 aromatic carbocycles. The summed E-state index contributed by atoms with van der Waals surface area (Å²) in [7, 11) is 0. The highest BCUT2D eigenvalue weighted by molar-refractivity contribution is 5.99. The number of esters is 1. The molecule has 2 aromatic rings. The largest absolute Gasteiger partial charge is 0.426 e. The van der Waals surface area contributed by atoms with Gasteiger partial charge in [-0.2, -0.15) is 0 Å². The summed E-state index contributed by atoms with van der Waals surface area (Å²) in [5.41, 5.74) is 1.63. The summed E-state index contributed by atoms with van der Waals surface area (Å²) in [5.74, 6) is -0.772. The maximum atomic E-state index is 12.3. The second-order valence-corrected chi connectivity index (χ2v) is 6.10. The number of non-ortho nitro benzene ring substituents is 1. The summed E-state index contributed by atoms with van der Waals surface area (Å²) in [5, 5.41) is 10.7. The van der Waals surface area contributed by atoms with Crippen LogP contribution in [0.4, 0.5) is 11.4 Å². The normalized spacial score (nSPS) is 16.6.